The molecule has 0 aromatic carbocycles. The van der Waals surface area contributed by atoms with Gasteiger partial charge in [0.25, 0.3) is 0 Å². The van der Waals surface area contributed by atoms with E-state index in [0.717, 1.165) is 6.20 Å². The largest absolute Gasteiger partial charge is 0.422 e. The van der Waals surface area contributed by atoms with E-state index in [2.05, 4.69) is 4.98 Å². The molecule has 0 unspecified atom stereocenters. The molecule has 6 nitrogen and oxygen atoms in total. The lowest BCUT2D eigenvalue weighted by molar-refractivity contribution is 0.177. The summed E-state index contributed by atoms with van der Waals surface area (Å²) in [6, 6.07) is 0. The molecule has 5 N–H and O–H groups in total. The van der Waals surface area contributed by atoms with E-state index in [1.165, 1.54) is 0 Å². The number of hydrogen-bond donors (Lipinski definition) is 3. The highest BCUT2D eigenvalue weighted by Crippen LogP contribution is 2.05. The van der Waals surface area contributed by atoms with Gasteiger partial charge in [-0.05, 0) is 0 Å². The predicted octanol–water partition coefficient (Wildman–Crippen LogP) is -0.933. The topological polar surface area (TPSA) is 107 Å². The maximum absolute atomic E-state index is 10.5. The van der Waals surface area contributed by atoms with Gasteiger partial charge in [-0.15, -0.1) is 17.1 Å². The Hall–Kier alpha value is -1.43. The second-order valence-electron chi connectivity index (χ2n) is 1.69. The van der Waals surface area contributed by atoms with Crippen LogP contribution in [0.1, 0.15) is 0 Å². The van der Waals surface area contributed by atoms with Gasteiger partial charge in [-0.2, -0.15) is 4.98 Å². The zero-order valence-corrected chi connectivity index (χ0v) is 6.21. The van der Waals surface area contributed by atoms with Crippen molar-refractivity contribution in [2.75, 3.05) is 11.5 Å². The Kier molecular flexibility index (Phi) is 2.70. The third-order valence-electron chi connectivity index (χ3n) is 1.02. The first-order valence-corrected chi connectivity index (χ1v) is 2.45. The Bertz CT molecular complexity index is 309. The highest BCUT2D eigenvalue weighted by Gasteiger charge is 2.01. The van der Waals surface area contributed by atoms with Crippen LogP contribution in [0.15, 0.2) is 11.0 Å². The molecule has 7 heteroatoms. The first-order chi connectivity index (χ1) is 4.63. The van der Waals surface area contributed by atoms with Crippen molar-refractivity contribution in [3.63, 3.8) is 0 Å². The second-order valence-corrected chi connectivity index (χ2v) is 1.69. The maximum atomic E-state index is 10.5. The van der Waals surface area contributed by atoms with E-state index in [4.69, 9.17) is 16.7 Å². The number of nitrogen functional groups attached to an aromatic ring is 2. The van der Waals surface area contributed by atoms with Crippen molar-refractivity contribution >= 4 is 23.9 Å². The van der Waals surface area contributed by atoms with E-state index in [9.17, 15) is 4.79 Å². The summed E-state index contributed by atoms with van der Waals surface area (Å²) in [4.78, 5) is 13.6. The van der Waals surface area contributed by atoms with Crippen molar-refractivity contribution in [2.45, 2.75) is 0 Å². The van der Waals surface area contributed by atoms with Gasteiger partial charge in [0.2, 0.25) is 0 Å². The lowest BCUT2D eigenvalue weighted by Gasteiger charge is -2.00. The minimum Gasteiger partial charge on any atom is -0.422 e. The zero-order chi connectivity index (χ0) is 7.72. The van der Waals surface area contributed by atoms with Crippen LogP contribution in [0.3, 0.4) is 0 Å². The highest BCUT2D eigenvalue weighted by molar-refractivity contribution is 5.85. The molecule has 11 heavy (non-hydrogen) atoms. The zero-order valence-electron chi connectivity index (χ0n) is 5.39. The van der Waals surface area contributed by atoms with Crippen molar-refractivity contribution in [1.82, 2.24) is 9.71 Å². The maximum Gasteiger partial charge on any atom is 0.382 e. The summed E-state index contributed by atoms with van der Waals surface area (Å²) < 4.78 is 0.190. The quantitative estimate of drug-likeness (QED) is 0.445. The Balaban J connectivity index is 0.000001000. The van der Waals surface area contributed by atoms with E-state index in [1.807, 2.05) is 0 Å². The average molecular weight is 179 g/mol. The Labute approximate surface area is 67.8 Å². The molecule has 0 bridgehead atoms. The predicted molar refractivity (Wildman–Crippen MR) is 41.8 cm³/mol. The summed E-state index contributed by atoms with van der Waals surface area (Å²) in [6.07, 6.45) is 1.09. The van der Waals surface area contributed by atoms with Crippen LogP contribution in [0.2, 0.25) is 0 Å². The third kappa shape index (κ3) is 1.53. The molecular formula is C4H7ClN4O2. The minimum absolute atomic E-state index is 0. The summed E-state index contributed by atoms with van der Waals surface area (Å²) in [6.45, 7) is 0. The van der Waals surface area contributed by atoms with E-state index in [1.54, 1.807) is 0 Å². The minimum atomic E-state index is -0.841. The summed E-state index contributed by atoms with van der Waals surface area (Å²) in [7, 11) is 0. The molecule has 0 aliphatic carbocycles. The van der Waals surface area contributed by atoms with E-state index in [-0.39, 0.29) is 28.6 Å². The molecule has 0 saturated heterocycles. The van der Waals surface area contributed by atoms with Gasteiger partial charge < -0.3 is 16.7 Å². The summed E-state index contributed by atoms with van der Waals surface area (Å²) in [5.74, 6) is -0.194. The van der Waals surface area contributed by atoms with Crippen molar-refractivity contribution in [1.29, 1.82) is 0 Å². The summed E-state index contributed by atoms with van der Waals surface area (Å²) >= 11 is 0. The molecular weight excluding hydrogens is 172 g/mol. The lowest BCUT2D eigenvalue weighted by atomic mass is 10.5. The number of anilines is 2. The van der Waals surface area contributed by atoms with Gasteiger partial charge in [0, 0.05) is 0 Å². The fourth-order valence-electron chi connectivity index (χ4n) is 0.471. The number of rotatable bonds is 0. The van der Waals surface area contributed by atoms with Crippen LogP contribution in [0.5, 0.6) is 0 Å². The molecule has 1 heterocycles. The number of halogens is 1. The average Bonchev–Trinajstić information content (AvgIpc) is 1.93. The normalized spacial score (nSPS) is 8.73. The van der Waals surface area contributed by atoms with Crippen molar-refractivity contribution in [3.8, 4) is 0 Å². The van der Waals surface area contributed by atoms with E-state index >= 15 is 0 Å². The molecule has 0 saturated carbocycles. The van der Waals surface area contributed by atoms with Crippen LogP contribution in [0.25, 0.3) is 0 Å². The van der Waals surface area contributed by atoms with Crippen LogP contribution < -0.4 is 17.2 Å². The fraction of sp³-hybridized carbons (Fsp3) is 0. The number of hydrogen-bond acceptors (Lipinski definition) is 5. The first-order valence-electron chi connectivity index (χ1n) is 2.45. The number of aromatic nitrogens is 2. The molecule has 1 aromatic heterocycles. The Morgan fingerprint density at radius 1 is 1.55 bits per heavy atom. The Morgan fingerprint density at radius 3 is 2.55 bits per heavy atom. The molecule has 0 aliphatic heterocycles. The molecule has 0 atom stereocenters. The monoisotopic (exact) mass is 178 g/mol. The molecule has 0 aliphatic rings. The van der Waals surface area contributed by atoms with Crippen LogP contribution in [-0.4, -0.2) is 14.9 Å². The molecule has 0 fully saturated rings. The van der Waals surface area contributed by atoms with Crippen molar-refractivity contribution in [2.24, 2.45) is 0 Å². The van der Waals surface area contributed by atoms with Gasteiger partial charge in [-0.25, -0.2) is 4.79 Å². The van der Waals surface area contributed by atoms with Gasteiger partial charge in [-0.3, -0.25) is 0 Å². The van der Waals surface area contributed by atoms with Crippen molar-refractivity contribution < 1.29 is 5.21 Å². The molecule has 1 rings (SSSR count). The van der Waals surface area contributed by atoms with Crippen LogP contribution in [-0.2, 0) is 0 Å². The SMILES string of the molecule is Cl.Nc1cnc(=O)n(O)c1N. The smallest absolute Gasteiger partial charge is 0.382 e. The van der Waals surface area contributed by atoms with Gasteiger partial charge in [0.15, 0.2) is 5.82 Å². The number of nitrogens with two attached hydrogens (primary N) is 2. The van der Waals surface area contributed by atoms with Crippen LogP contribution >= 0.6 is 12.4 Å². The molecule has 62 valence electrons. The lowest BCUT2D eigenvalue weighted by Crippen LogP contribution is -2.24. The summed E-state index contributed by atoms with van der Waals surface area (Å²) in [5, 5.41) is 8.72. The summed E-state index contributed by atoms with van der Waals surface area (Å²) in [5.41, 5.74) is 9.54. The van der Waals surface area contributed by atoms with E-state index in [0.29, 0.717) is 0 Å². The molecule has 0 spiro atoms. The fourth-order valence-corrected chi connectivity index (χ4v) is 0.471. The highest BCUT2D eigenvalue weighted by atomic mass is 35.5. The standard InChI is InChI=1S/C4H6N4O2.ClH/c5-2-1-7-4(9)8(10)3(2)6;/h1,10H,5-6H2;1H. The molecule has 1 aromatic rings. The Morgan fingerprint density at radius 2 is 2.09 bits per heavy atom. The van der Waals surface area contributed by atoms with Gasteiger partial charge in [0.1, 0.15) is 0 Å². The van der Waals surface area contributed by atoms with Gasteiger partial charge in [0.05, 0.1) is 11.9 Å². The van der Waals surface area contributed by atoms with E-state index < -0.39 is 5.69 Å². The first kappa shape index (κ1) is 9.57. The van der Waals surface area contributed by atoms with Crippen LogP contribution in [0, 0.1) is 0 Å². The van der Waals surface area contributed by atoms with Gasteiger partial charge in [-0.1, -0.05) is 0 Å². The third-order valence-corrected chi connectivity index (χ3v) is 1.02. The second kappa shape index (κ2) is 3.11. The van der Waals surface area contributed by atoms with Crippen molar-refractivity contribution in [3.05, 3.63) is 16.7 Å². The molecule has 0 radical (unpaired) electrons. The van der Waals surface area contributed by atoms with Gasteiger partial charge >= 0.3 is 5.69 Å². The molecule has 0 amide bonds. The van der Waals surface area contributed by atoms with Crippen LogP contribution in [0.4, 0.5) is 11.5 Å². The number of nitrogens with zero attached hydrogens (tertiary/aromatic N) is 2.